The van der Waals surface area contributed by atoms with E-state index in [4.69, 9.17) is 4.74 Å². The van der Waals surface area contributed by atoms with Crippen LogP contribution >= 0.6 is 0 Å². The number of nitrogens with zero attached hydrogens (tertiary/aromatic N) is 1. The molecule has 2 amide bonds. The predicted molar refractivity (Wildman–Crippen MR) is 99.8 cm³/mol. The normalized spacial score (nSPS) is 14.7. The average Bonchev–Trinajstić information content (AvgIpc) is 3.22. The van der Waals surface area contributed by atoms with Crippen LogP contribution in [0.1, 0.15) is 18.4 Å². The van der Waals surface area contributed by atoms with Gasteiger partial charge in [0.1, 0.15) is 11.8 Å². The summed E-state index contributed by atoms with van der Waals surface area (Å²) >= 11 is 0. The number of nitrogens with one attached hydrogen (secondary N) is 1. The van der Waals surface area contributed by atoms with Crippen molar-refractivity contribution in [2.24, 2.45) is 0 Å². The first kappa shape index (κ1) is 18.0. The number of carbonyl (C=O) groups excluding carboxylic acids is 2. The third-order valence-corrected chi connectivity index (χ3v) is 4.45. The van der Waals surface area contributed by atoms with Crippen LogP contribution in [0.15, 0.2) is 60.7 Å². The highest BCUT2D eigenvalue weighted by Crippen LogP contribution is 2.13. The molecule has 136 valence electrons. The molecule has 1 atom stereocenters. The second-order valence-corrected chi connectivity index (χ2v) is 6.44. The van der Waals surface area contributed by atoms with Gasteiger partial charge in [-0.1, -0.05) is 48.5 Å². The fraction of sp³-hybridized carbons (Fsp3) is 0.333. The highest BCUT2D eigenvalue weighted by molar-refractivity contribution is 5.88. The second-order valence-electron chi connectivity index (χ2n) is 6.44. The third-order valence-electron chi connectivity index (χ3n) is 4.45. The maximum atomic E-state index is 12.8. The van der Waals surface area contributed by atoms with Gasteiger partial charge < -0.3 is 15.0 Å². The van der Waals surface area contributed by atoms with E-state index in [1.54, 1.807) is 12.1 Å². The molecule has 5 nitrogen and oxygen atoms in total. The van der Waals surface area contributed by atoms with Gasteiger partial charge in [-0.15, -0.1) is 0 Å². The van der Waals surface area contributed by atoms with Crippen LogP contribution in [-0.4, -0.2) is 42.5 Å². The van der Waals surface area contributed by atoms with Crippen molar-refractivity contribution < 1.29 is 14.3 Å². The van der Waals surface area contributed by atoms with Crippen LogP contribution in [0, 0.1) is 0 Å². The SMILES string of the molecule is O=C(COc1ccccc1)N[C@@H](Cc1ccccc1)C(=O)N1CCCC1. The minimum atomic E-state index is -0.567. The molecule has 5 heteroatoms. The summed E-state index contributed by atoms with van der Waals surface area (Å²) < 4.78 is 5.49. The van der Waals surface area contributed by atoms with E-state index in [9.17, 15) is 9.59 Å². The van der Waals surface area contributed by atoms with Crippen LogP contribution in [0.4, 0.5) is 0 Å². The molecule has 2 aromatic carbocycles. The number of hydrogen-bond donors (Lipinski definition) is 1. The molecule has 0 aliphatic carbocycles. The Balaban J connectivity index is 1.62. The van der Waals surface area contributed by atoms with Crippen molar-refractivity contribution in [3.05, 3.63) is 66.2 Å². The number of benzene rings is 2. The van der Waals surface area contributed by atoms with Crippen LogP contribution in [0.5, 0.6) is 5.75 Å². The van der Waals surface area contributed by atoms with E-state index in [-0.39, 0.29) is 18.4 Å². The second kappa shape index (κ2) is 9.04. The van der Waals surface area contributed by atoms with Crippen molar-refractivity contribution in [3.8, 4) is 5.75 Å². The monoisotopic (exact) mass is 352 g/mol. The van der Waals surface area contributed by atoms with Gasteiger partial charge in [-0.3, -0.25) is 9.59 Å². The van der Waals surface area contributed by atoms with Crippen molar-refractivity contribution in [1.82, 2.24) is 10.2 Å². The molecule has 1 saturated heterocycles. The Morgan fingerprint density at radius 2 is 1.58 bits per heavy atom. The Hall–Kier alpha value is -2.82. The molecule has 1 heterocycles. The molecule has 0 unspecified atom stereocenters. The van der Waals surface area contributed by atoms with Crippen molar-refractivity contribution in [1.29, 1.82) is 0 Å². The predicted octanol–water partition coefficient (Wildman–Crippen LogP) is 2.42. The standard InChI is InChI=1S/C21H24N2O3/c24-20(16-26-18-11-5-2-6-12-18)22-19(15-17-9-3-1-4-10-17)21(25)23-13-7-8-14-23/h1-6,9-12,19H,7-8,13-16H2,(H,22,24)/t19-/m0/s1. The lowest BCUT2D eigenvalue weighted by molar-refractivity contribution is -0.136. The number of ether oxygens (including phenoxy) is 1. The van der Waals surface area contributed by atoms with Gasteiger partial charge in [0, 0.05) is 19.5 Å². The fourth-order valence-corrected chi connectivity index (χ4v) is 3.11. The Bertz CT molecular complexity index is 713. The molecule has 0 bridgehead atoms. The van der Waals surface area contributed by atoms with E-state index >= 15 is 0 Å². The van der Waals surface area contributed by atoms with Gasteiger partial charge in [0.15, 0.2) is 6.61 Å². The van der Waals surface area contributed by atoms with E-state index < -0.39 is 6.04 Å². The minimum absolute atomic E-state index is 0.0144. The molecule has 1 aliphatic rings. The fourth-order valence-electron chi connectivity index (χ4n) is 3.11. The Morgan fingerprint density at radius 3 is 2.23 bits per heavy atom. The molecule has 0 aromatic heterocycles. The van der Waals surface area contributed by atoms with Crippen molar-refractivity contribution in [2.45, 2.75) is 25.3 Å². The van der Waals surface area contributed by atoms with Gasteiger partial charge in [0.05, 0.1) is 0 Å². The molecular weight excluding hydrogens is 328 g/mol. The Morgan fingerprint density at radius 1 is 0.962 bits per heavy atom. The van der Waals surface area contributed by atoms with Crippen LogP contribution in [0.25, 0.3) is 0 Å². The van der Waals surface area contributed by atoms with Gasteiger partial charge in [0.2, 0.25) is 5.91 Å². The zero-order valence-corrected chi connectivity index (χ0v) is 14.8. The average molecular weight is 352 g/mol. The summed E-state index contributed by atoms with van der Waals surface area (Å²) in [6.07, 6.45) is 2.52. The van der Waals surface area contributed by atoms with E-state index in [2.05, 4.69) is 5.32 Å². The summed E-state index contributed by atoms with van der Waals surface area (Å²) in [5, 5.41) is 2.86. The lowest BCUT2D eigenvalue weighted by Crippen LogP contribution is -2.50. The molecule has 0 saturated carbocycles. The largest absolute Gasteiger partial charge is 0.484 e. The summed E-state index contributed by atoms with van der Waals surface area (Å²) in [6.45, 7) is 1.42. The van der Waals surface area contributed by atoms with Gasteiger partial charge in [-0.2, -0.15) is 0 Å². The van der Waals surface area contributed by atoms with E-state index in [0.717, 1.165) is 31.5 Å². The molecule has 0 spiro atoms. The highest BCUT2D eigenvalue weighted by atomic mass is 16.5. The number of amides is 2. The lowest BCUT2D eigenvalue weighted by Gasteiger charge is -2.24. The highest BCUT2D eigenvalue weighted by Gasteiger charge is 2.28. The number of carbonyl (C=O) groups is 2. The molecule has 1 N–H and O–H groups in total. The third kappa shape index (κ3) is 5.09. The first-order valence-corrected chi connectivity index (χ1v) is 9.02. The Kier molecular flexibility index (Phi) is 6.25. The van der Waals surface area contributed by atoms with E-state index in [0.29, 0.717) is 12.2 Å². The van der Waals surface area contributed by atoms with Crippen molar-refractivity contribution >= 4 is 11.8 Å². The van der Waals surface area contributed by atoms with Crippen LogP contribution < -0.4 is 10.1 Å². The van der Waals surface area contributed by atoms with Gasteiger partial charge in [-0.25, -0.2) is 0 Å². The Labute approximate surface area is 154 Å². The molecule has 3 rings (SSSR count). The number of hydrogen-bond acceptors (Lipinski definition) is 3. The molecule has 26 heavy (non-hydrogen) atoms. The molecule has 1 fully saturated rings. The summed E-state index contributed by atoms with van der Waals surface area (Å²) in [5.74, 6) is 0.329. The number of rotatable bonds is 7. The summed E-state index contributed by atoms with van der Waals surface area (Å²) in [5.41, 5.74) is 1.02. The van der Waals surface area contributed by atoms with Gasteiger partial charge >= 0.3 is 0 Å². The lowest BCUT2D eigenvalue weighted by atomic mass is 10.0. The summed E-state index contributed by atoms with van der Waals surface area (Å²) in [4.78, 5) is 27.0. The molecule has 1 aliphatic heterocycles. The molecule has 0 radical (unpaired) electrons. The van der Waals surface area contributed by atoms with Crippen LogP contribution in [0.2, 0.25) is 0 Å². The zero-order chi connectivity index (χ0) is 18.2. The van der Waals surface area contributed by atoms with Crippen LogP contribution in [0.3, 0.4) is 0 Å². The molecular formula is C21H24N2O3. The summed E-state index contributed by atoms with van der Waals surface area (Å²) in [6, 6.07) is 18.4. The maximum absolute atomic E-state index is 12.8. The van der Waals surface area contributed by atoms with E-state index in [1.807, 2.05) is 53.4 Å². The topological polar surface area (TPSA) is 58.6 Å². The van der Waals surface area contributed by atoms with E-state index in [1.165, 1.54) is 0 Å². The summed E-state index contributed by atoms with van der Waals surface area (Å²) in [7, 11) is 0. The first-order valence-electron chi connectivity index (χ1n) is 9.02. The number of likely N-dealkylation sites (tertiary alicyclic amines) is 1. The van der Waals surface area contributed by atoms with Gasteiger partial charge in [0.25, 0.3) is 5.91 Å². The molecule has 2 aromatic rings. The quantitative estimate of drug-likeness (QED) is 0.832. The van der Waals surface area contributed by atoms with Crippen molar-refractivity contribution in [3.63, 3.8) is 0 Å². The van der Waals surface area contributed by atoms with Gasteiger partial charge in [-0.05, 0) is 30.5 Å². The number of para-hydroxylation sites is 1. The smallest absolute Gasteiger partial charge is 0.258 e. The van der Waals surface area contributed by atoms with Crippen LogP contribution in [-0.2, 0) is 16.0 Å². The van der Waals surface area contributed by atoms with Crippen molar-refractivity contribution in [2.75, 3.05) is 19.7 Å². The zero-order valence-electron chi connectivity index (χ0n) is 14.8. The maximum Gasteiger partial charge on any atom is 0.258 e. The first-order chi connectivity index (χ1) is 12.7. The minimum Gasteiger partial charge on any atom is -0.484 e.